The van der Waals surface area contributed by atoms with Gasteiger partial charge in [-0.3, -0.25) is 9.59 Å². The Morgan fingerprint density at radius 1 is 1.08 bits per heavy atom. The molecule has 1 aliphatic carbocycles. The summed E-state index contributed by atoms with van der Waals surface area (Å²) in [6, 6.07) is 7.06. The number of hydrogen-bond acceptors (Lipinski definition) is 3. The maximum atomic E-state index is 12.5. The van der Waals surface area contributed by atoms with Gasteiger partial charge in [0, 0.05) is 24.3 Å². The van der Waals surface area contributed by atoms with E-state index in [0.717, 1.165) is 38.8 Å². The summed E-state index contributed by atoms with van der Waals surface area (Å²) in [5, 5.41) is 12.6. The van der Waals surface area contributed by atoms with Gasteiger partial charge in [-0.25, -0.2) is 0 Å². The number of aliphatic hydroxyl groups excluding tert-OH is 1. The predicted molar refractivity (Wildman–Crippen MR) is 92.7 cm³/mol. The second-order valence-electron chi connectivity index (χ2n) is 7.15. The highest BCUT2D eigenvalue weighted by molar-refractivity contribution is 5.96. The van der Waals surface area contributed by atoms with Crippen LogP contribution in [0.15, 0.2) is 24.3 Å². The van der Waals surface area contributed by atoms with E-state index in [0.29, 0.717) is 23.6 Å². The van der Waals surface area contributed by atoms with Crippen molar-refractivity contribution in [1.29, 1.82) is 0 Å². The molecule has 1 aromatic carbocycles. The maximum absolute atomic E-state index is 12.5. The molecule has 130 valence electrons. The van der Waals surface area contributed by atoms with Crippen LogP contribution >= 0.6 is 0 Å². The summed E-state index contributed by atoms with van der Waals surface area (Å²) in [7, 11) is 0. The first kappa shape index (κ1) is 17.0. The van der Waals surface area contributed by atoms with Crippen LogP contribution < -0.4 is 5.32 Å². The van der Waals surface area contributed by atoms with Gasteiger partial charge in [-0.05, 0) is 62.3 Å². The molecule has 24 heavy (non-hydrogen) atoms. The van der Waals surface area contributed by atoms with Crippen LogP contribution in [0.25, 0.3) is 0 Å². The molecule has 0 bridgehead atoms. The van der Waals surface area contributed by atoms with Crippen molar-refractivity contribution in [3.63, 3.8) is 0 Å². The number of aliphatic hydroxyl groups is 1. The molecule has 5 heteroatoms. The molecular weight excluding hydrogens is 304 g/mol. The van der Waals surface area contributed by atoms with Crippen molar-refractivity contribution in [3.05, 3.63) is 29.8 Å². The first-order valence-electron chi connectivity index (χ1n) is 8.93. The number of hydrogen-bond donors (Lipinski definition) is 2. The summed E-state index contributed by atoms with van der Waals surface area (Å²) in [6.45, 7) is 3.86. The lowest BCUT2D eigenvalue weighted by Gasteiger charge is -2.30. The second-order valence-corrected chi connectivity index (χ2v) is 7.15. The number of piperidine rings is 1. The molecule has 2 N–H and O–H groups in total. The summed E-state index contributed by atoms with van der Waals surface area (Å²) in [4.78, 5) is 26.6. The van der Waals surface area contributed by atoms with Crippen LogP contribution in [0.2, 0.25) is 0 Å². The average Bonchev–Trinajstić information content (AvgIpc) is 3.02. The van der Waals surface area contributed by atoms with Gasteiger partial charge in [0.15, 0.2) is 0 Å². The highest BCUT2D eigenvalue weighted by Gasteiger charge is 2.31. The van der Waals surface area contributed by atoms with Gasteiger partial charge in [-0.2, -0.15) is 0 Å². The fourth-order valence-corrected chi connectivity index (χ4v) is 3.57. The number of rotatable bonds is 3. The Balaban J connectivity index is 1.59. The van der Waals surface area contributed by atoms with Crippen LogP contribution in [0, 0.1) is 11.8 Å². The first-order chi connectivity index (χ1) is 11.5. The van der Waals surface area contributed by atoms with Crippen molar-refractivity contribution in [2.24, 2.45) is 11.8 Å². The zero-order chi connectivity index (χ0) is 17.1. The van der Waals surface area contributed by atoms with Crippen molar-refractivity contribution in [2.45, 2.75) is 45.1 Å². The number of carbonyl (C=O) groups excluding carboxylic acids is 2. The lowest BCUT2D eigenvalue weighted by Crippen LogP contribution is -2.37. The van der Waals surface area contributed by atoms with E-state index >= 15 is 0 Å². The molecule has 1 saturated heterocycles. The summed E-state index contributed by atoms with van der Waals surface area (Å²) in [5.74, 6) is 0.300. The van der Waals surface area contributed by atoms with Crippen LogP contribution in [0.5, 0.6) is 0 Å². The highest BCUT2D eigenvalue weighted by atomic mass is 16.3. The molecule has 3 rings (SSSR count). The largest absolute Gasteiger partial charge is 0.392 e. The standard InChI is InChI=1S/C19H26N2O3/c1-13-9-11-21(12-10-13)19(24)14-5-7-15(8-6-14)20-18(23)16-3-2-4-17(16)22/h5-8,13,16-17,22H,2-4,9-12H2,1H3,(H,20,23). The Kier molecular flexibility index (Phi) is 5.19. The Bertz CT molecular complexity index is 591. The number of anilines is 1. The monoisotopic (exact) mass is 330 g/mol. The Hall–Kier alpha value is -1.88. The van der Waals surface area contributed by atoms with Crippen LogP contribution in [-0.2, 0) is 4.79 Å². The zero-order valence-electron chi connectivity index (χ0n) is 14.2. The van der Waals surface area contributed by atoms with Crippen LogP contribution in [0.3, 0.4) is 0 Å². The van der Waals surface area contributed by atoms with Crippen molar-refractivity contribution < 1.29 is 14.7 Å². The molecule has 2 fully saturated rings. The molecule has 2 amide bonds. The normalized spacial score (nSPS) is 24.8. The number of likely N-dealkylation sites (tertiary alicyclic amines) is 1. The van der Waals surface area contributed by atoms with Crippen LogP contribution in [-0.4, -0.2) is 41.0 Å². The molecule has 5 nitrogen and oxygen atoms in total. The lowest BCUT2D eigenvalue weighted by atomic mass is 9.98. The fourth-order valence-electron chi connectivity index (χ4n) is 3.57. The topological polar surface area (TPSA) is 69.6 Å². The number of nitrogens with one attached hydrogen (secondary N) is 1. The first-order valence-corrected chi connectivity index (χ1v) is 8.93. The molecule has 0 aromatic heterocycles. The van der Waals surface area contributed by atoms with Gasteiger partial charge >= 0.3 is 0 Å². The minimum Gasteiger partial charge on any atom is -0.392 e. The van der Waals surface area contributed by atoms with Crippen molar-refractivity contribution in [2.75, 3.05) is 18.4 Å². The van der Waals surface area contributed by atoms with Crippen LogP contribution in [0.1, 0.15) is 49.4 Å². The second kappa shape index (κ2) is 7.34. The molecule has 2 aliphatic rings. The molecule has 1 aliphatic heterocycles. The number of carbonyl (C=O) groups is 2. The van der Waals surface area contributed by atoms with E-state index in [9.17, 15) is 14.7 Å². The Morgan fingerprint density at radius 3 is 2.33 bits per heavy atom. The number of nitrogens with zero attached hydrogens (tertiary/aromatic N) is 1. The molecule has 1 heterocycles. The average molecular weight is 330 g/mol. The molecule has 1 saturated carbocycles. The summed E-state index contributed by atoms with van der Waals surface area (Å²) in [5.41, 5.74) is 1.33. The van der Waals surface area contributed by atoms with E-state index in [1.54, 1.807) is 24.3 Å². The van der Waals surface area contributed by atoms with E-state index in [1.165, 1.54) is 0 Å². The zero-order valence-corrected chi connectivity index (χ0v) is 14.2. The highest BCUT2D eigenvalue weighted by Crippen LogP contribution is 2.27. The van der Waals surface area contributed by atoms with Crippen molar-refractivity contribution >= 4 is 17.5 Å². The summed E-state index contributed by atoms with van der Waals surface area (Å²) < 4.78 is 0. The van der Waals surface area contributed by atoms with Gasteiger partial charge < -0.3 is 15.3 Å². The number of amides is 2. The minimum absolute atomic E-state index is 0.0611. The molecular formula is C19H26N2O3. The van der Waals surface area contributed by atoms with E-state index < -0.39 is 6.10 Å². The number of benzene rings is 1. The van der Waals surface area contributed by atoms with Crippen molar-refractivity contribution in [3.8, 4) is 0 Å². The van der Waals surface area contributed by atoms with Crippen molar-refractivity contribution in [1.82, 2.24) is 4.90 Å². The van der Waals surface area contributed by atoms with E-state index in [1.807, 2.05) is 4.90 Å². The third kappa shape index (κ3) is 3.78. The van der Waals surface area contributed by atoms with Gasteiger partial charge in [-0.1, -0.05) is 6.92 Å². The maximum Gasteiger partial charge on any atom is 0.253 e. The molecule has 2 unspecified atom stereocenters. The van der Waals surface area contributed by atoms with E-state index in [-0.39, 0.29) is 17.7 Å². The van der Waals surface area contributed by atoms with Gasteiger partial charge in [-0.15, -0.1) is 0 Å². The fraction of sp³-hybridized carbons (Fsp3) is 0.579. The van der Waals surface area contributed by atoms with Crippen LogP contribution in [0.4, 0.5) is 5.69 Å². The molecule has 0 spiro atoms. The SMILES string of the molecule is CC1CCN(C(=O)c2ccc(NC(=O)C3CCCC3O)cc2)CC1. The predicted octanol–water partition coefficient (Wildman–Crippen LogP) is 2.66. The third-order valence-electron chi connectivity index (χ3n) is 5.29. The van der Waals surface area contributed by atoms with E-state index in [2.05, 4.69) is 12.2 Å². The summed E-state index contributed by atoms with van der Waals surface area (Å²) >= 11 is 0. The van der Waals surface area contributed by atoms with Gasteiger partial charge in [0.1, 0.15) is 0 Å². The molecule has 2 atom stereocenters. The molecule has 0 radical (unpaired) electrons. The Morgan fingerprint density at radius 2 is 1.75 bits per heavy atom. The van der Waals surface area contributed by atoms with Gasteiger partial charge in [0.2, 0.25) is 5.91 Å². The lowest BCUT2D eigenvalue weighted by molar-refractivity contribution is -0.122. The Labute approximate surface area is 143 Å². The van der Waals surface area contributed by atoms with Gasteiger partial charge in [0.05, 0.1) is 12.0 Å². The third-order valence-corrected chi connectivity index (χ3v) is 5.29. The van der Waals surface area contributed by atoms with Gasteiger partial charge in [0.25, 0.3) is 5.91 Å². The molecule has 1 aromatic rings. The van der Waals surface area contributed by atoms with E-state index in [4.69, 9.17) is 0 Å². The quantitative estimate of drug-likeness (QED) is 0.895. The minimum atomic E-state index is -0.535. The summed E-state index contributed by atoms with van der Waals surface area (Å²) in [6.07, 6.45) is 3.90. The smallest absolute Gasteiger partial charge is 0.253 e.